The Labute approximate surface area is 161 Å². The fourth-order valence-electron chi connectivity index (χ4n) is 4.16. The Kier molecular flexibility index (Phi) is 10.2. The van der Waals surface area contributed by atoms with Gasteiger partial charge < -0.3 is 0 Å². The smallest absolute Gasteiger partial charge is 0.241 e. The average Bonchev–Trinajstić information content (AvgIpc) is 3.19. The third-order valence-electron chi connectivity index (χ3n) is 5.60. The van der Waals surface area contributed by atoms with Crippen molar-refractivity contribution >= 4 is 0 Å². The molecular formula is C24H39N2+. The maximum Gasteiger partial charge on any atom is 0.241 e. The van der Waals surface area contributed by atoms with E-state index in [0.717, 1.165) is 0 Å². The van der Waals surface area contributed by atoms with Crippen LogP contribution in [-0.2, 0) is 6.42 Å². The van der Waals surface area contributed by atoms with Crippen LogP contribution in [-0.4, -0.2) is 4.98 Å². The number of aromatic nitrogens is 2. The Morgan fingerprint density at radius 2 is 1.58 bits per heavy atom. The minimum Gasteiger partial charge on any atom is -0.250 e. The lowest BCUT2D eigenvalue weighted by Gasteiger charge is -2.25. The molecule has 0 aliphatic heterocycles. The van der Waals surface area contributed by atoms with E-state index in [2.05, 4.69) is 72.5 Å². The summed E-state index contributed by atoms with van der Waals surface area (Å²) in [5, 5.41) is 0. The number of hydrogen-bond acceptors (Lipinski definition) is 0. The van der Waals surface area contributed by atoms with Crippen LogP contribution in [0.4, 0.5) is 0 Å². The summed E-state index contributed by atoms with van der Waals surface area (Å²) in [6.07, 6.45) is 21.2. The first kappa shape index (κ1) is 20.7. The van der Waals surface area contributed by atoms with Gasteiger partial charge >= 0.3 is 0 Å². The van der Waals surface area contributed by atoms with E-state index in [1.165, 1.54) is 76.2 Å². The van der Waals surface area contributed by atoms with Crippen LogP contribution in [0.15, 0.2) is 49.1 Å². The van der Waals surface area contributed by atoms with Crippen molar-refractivity contribution < 1.29 is 4.57 Å². The highest BCUT2D eigenvalue weighted by Crippen LogP contribution is 2.27. The molecule has 0 radical (unpaired) electrons. The second-order valence-corrected chi connectivity index (χ2v) is 7.77. The molecule has 0 saturated carbocycles. The van der Waals surface area contributed by atoms with Crippen molar-refractivity contribution in [1.29, 1.82) is 0 Å². The predicted octanol–water partition coefficient (Wildman–Crippen LogP) is 6.64. The monoisotopic (exact) mass is 355 g/mol. The predicted molar refractivity (Wildman–Crippen MR) is 111 cm³/mol. The minimum absolute atomic E-state index is 0.608. The first-order valence-corrected chi connectivity index (χ1v) is 10.9. The molecule has 0 saturated heterocycles. The van der Waals surface area contributed by atoms with Gasteiger partial charge in [-0.1, -0.05) is 89.1 Å². The van der Waals surface area contributed by atoms with Crippen molar-refractivity contribution in [2.75, 3.05) is 0 Å². The van der Waals surface area contributed by atoms with Gasteiger partial charge in [0.25, 0.3) is 0 Å². The molecule has 1 aromatic carbocycles. The summed E-state index contributed by atoms with van der Waals surface area (Å²) < 4.78 is 2.43. The molecule has 144 valence electrons. The lowest BCUT2D eigenvalue weighted by molar-refractivity contribution is -0.730. The lowest BCUT2D eigenvalue weighted by Crippen LogP contribution is -2.42. The number of H-pyrrole nitrogens is 1. The molecule has 0 fully saturated rings. The van der Waals surface area contributed by atoms with E-state index >= 15 is 0 Å². The van der Waals surface area contributed by atoms with Crippen molar-refractivity contribution in [2.45, 2.75) is 90.5 Å². The number of nitrogens with zero attached hydrogens (tertiary/aromatic N) is 1. The Bertz CT molecular complexity index is 547. The van der Waals surface area contributed by atoms with E-state index in [9.17, 15) is 0 Å². The van der Waals surface area contributed by atoms with Gasteiger partial charge in [-0.25, -0.2) is 4.57 Å². The number of imidazole rings is 1. The van der Waals surface area contributed by atoms with Gasteiger partial charge in [-0.2, -0.15) is 0 Å². The molecular weight excluding hydrogens is 316 g/mol. The zero-order chi connectivity index (χ0) is 18.5. The van der Waals surface area contributed by atoms with Crippen molar-refractivity contribution in [2.24, 2.45) is 5.92 Å². The third kappa shape index (κ3) is 7.35. The standard InChI is InChI=1S/C24H38N2/c1-3-5-6-7-8-9-13-17-24(26-19-18-25-21-26)23(14-4-2)20-22-15-11-10-12-16-22/h10-12,15-16,18-19,21,23-24H,3-9,13-14,17,20H2,1-2H3/p+1. The van der Waals surface area contributed by atoms with Gasteiger partial charge in [0.1, 0.15) is 18.4 Å². The fraction of sp³-hybridized carbons (Fsp3) is 0.625. The van der Waals surface area contributed by atoms with Crippen molar-refractivity contribution in [3.8, 4) is 0 Å². The molecule has 0 spiro atoms. The largest absolute Gasteiger partial charge is 0.250 e. The van der Waals surface area contributed by atoms with Gasteiger partial charge in [0, 0.05) is 5.92 Å². The topological polar surface area (TPSA) is 19.7 Å². The Hall–Kier alpha value is -1.57. The summed E-state index contributed by atoms with van der Waals surface area (Å²) >= 11 is 0. The van der Waals surface area contributed by atoms with Crippen LogP contribution in [0.1, 0.15) is 89.7 Å². The number of benzene rings is 1. The van der Waals surface area contributed by atoms with Gasteiger partial charge in [0.05, 0.1) is 0 Å². The second-order valence-electron chi connectivity index (χ2n) is 7.77. The highest BCUT2D eigenvalue weighted by molar-refractivity contribution is 5.15. The van der Waals surface area contributed by atoms with E-state index in [4.69, 9.17) is 0 Å². The normalized spacial score (nSPS) is 13.6. The molecule has 2 heteroatoms. The Morgan fingerprint density at radius 1 is 0.846 bits per heavy atom. The van der Waals surface area contributed by atoms with Gasteiger partial charge in [0.15, 0.2) is 0 Å². The molecule has 2 unspecified atom stereocenters. The van der Waals surface area contributed by atoms with Gasteiger partial charge in [-0.3, -0.25) is 4.98 Å². The molecule has 0 bridgehead atoms. The number of rotatable bonds is 14. The van der Waals surface area contributed by atoms with Crippen molar-refractivity contribution in [3.63, 3.8) is 0 Å². The summed E-state index contributed by atoms with van der Waals surface area (Å²) in [6.45, 7) is 4.61. The maximum atomic E-state index is 3.26. The molecule has 0 amide bonds. The van der Waals surface area contributed by atoms with Gasteiger partial charge in [0.2, 0.25) is 6.33 Å². The van der Waals surface area contributed by atoms with Crippen LogP contribution in [0.2, 0.25) is 0 Å². The third-order valence-corrected chi connectivity index (χ3v) is 5.60. The molecule has 2 atom stereocenters. The van der Waals surface area contributed by atoms with Crippen LogP contribution in [0.3, 0.4) is 0 Å². The molecule has 26 heavy (non-hydrogen) atoms. The quantitative estimate of drug-likeness (QED) is 0.289. The molecule has 1 aromatic heterocycles. The van der Waals surface area contributed by atoms with E-state index < -0.39 is 0 Å². The van der Waals surface area contributed by atoms with Crippen LogP contribution in [0, 0.1) is 5.92 Å². The highest BCUT2D eigenvalue weighted by atomic mass is 15.1. The Balaban J connectivity index is 1.93. The number of aromatic amines is 1. The van der Waals surface area contributed by atoms with Crippen LogP contribution in [0.5, 0.6) is 0 Å². The molecule has 2 aromatic rings. The SMILES string of the molecule is CCCCCCCCCC(C(CCC)Cc1ccccc1)[n+]1cc[nH]c1. The van der Waals surface area contributed by atoms with E-state index in [-0.39, 0.29) is 0 Å². The number of unbranched alkanes of at least 4 members (excludes halogenated alkanes) is 6. The Morgan fingerprint density at radius 3 is 2.23 bits per heavy atom. The summed E-state index contributed by atoms with van der Waals surface area (Å²) in [7, 11) is 0. The van der Waals surface area contributed by atoms with Gasteiger partial charge in [-0.05, 0) is 31.2 Å². The summed E-state index contributed by atoms with van der Waals surface area (Å²) in [4.78, 5) is 3.26. The minimum atomic E-state index is 0.608. The van der Waals surface area contributed by atoms with Crippen molar-refractivity contribution in [1.82, 2.24) is 4.98 Å². The fourth-order valence-corrected chi connectivity index (χ4v) is 4.16. The van der Waals surface area contributed by atoms with Crippen molar-refractivity contribution in [3.05, 3.63) is 54.6 Å². The molecule has 2 rings (SSSR count). The summed E-state index contributed by atoms with van der Waals surface area (Å²) in [5.74, 6) is 0.711. The van der Waals surface area contributed by atoms with E-state index in [0.29, 0.717) is 12.0 Å². The van der Waals surface area contributed by atoms with Crippen LogP contribution < -0.4 is 4.57 Å². The lowest BCUT2D eigenvalue weighted by atomic mass is 9.85. The summed E-state index contributed by atoms with van der Waals surface area (Å²) in [6, 6.07) is 11.6. The van der Waals surface area contributed by atoms with E-state index in [1.54, 1.807) is 0 Å². The highest BCUT2D eigenvalue weighted by Gasteiger charge is 2.26. The molecule has 1 N–H and O–H groups in total. The second kappa shape index (κ2) is 12.7. The first-order valence-electron chi connectivity index (χ1n) is 10.9. The van der Waals surface area contributed by atoms with E-state index in [1.807, 2.05) is 0 Å². The number of nitrogens with one attached hydrogen (secondary N) is 1. The molecule has 1 heterocycles. The first-order chi connectivity index (χ1) is 12.8. The number of hydrogen-bond donors (Lipinski definition) is 1. The summed E-state index contributed by atoms with van der Waals surface area (Å²) in [5.41, 5.74) is 1.48. The van der Waals surface area contributed by atoms with Crippen LogP contribution in [0.25, 0.3) is 0 Å². The average molecular weight is 356 g/mol. The molecule has 0 aliphatic rings. The van der Waals surface area contributed by atoms with Crippen LogP contribution >= 0.6 is 0 Å². The zero-order valence-corrected chi connectivity index (χ0v) is 17.0. The molecule has 0 aliphatic carbocycles. The maximum absolute atomic E-state index is 3.26. The molecule has 2 nitrogen and oxygen atoms in total. The zero-order valence-electron chi connectivity index (χ0n) is 17.0. The van der Waals surface area contributed by atoms with Gasteiger partial charge in [-0.15, -0.1) is 0 Å².